The van der Waals surface area contributed by atoms with Crippen LogP contribution in [0.4, 0.5) is 5.69 Å². The van der Waals surface area contributed by atoms with Gasteiger partial charge in [-0.2, -0.15) is 0 Å². The Morgan fingerprint density at radius 2 is 1.56 bits per heavy atom. The molecule has 25 heavy (non-hydrogen) atoms. The van der Waals surface area contributed by atoms with E-state index in [9.17, 15) is 4.79 Å². The number of benzene rings is 1. The maximum absolute atomic E-state index is 12.4. The molecule has 2 aliphatic carbocycles. The molecule has 0 radical (unpaired) electrons. The van der Waals surface area contributed by atoms with Gasteiger partial charge in [-0.1, -0.05) is 32.6 Å². The molecule has 0 aliphatic heterocycles. The second kappa shape index (κ2) is 8.64. The summed E-state index contributed by atoms with van der Waals surface area (Å²) in [7, 11) is 0. The summed E-state index contributed by atoms with van der Waals surface area (Å²) < 4.78 is 5.55. The van der Waals surface area contributed by atoms with Gasteiger partial charge in [0.2, 0.25) is 0 Å². The molecule has 0 saturated heterocycles. The van der Waals surface area contributed by atoms with Crippen LogP contribution in [0.5, 0.6) is 5.75 Å². The Kier molecular flexibility index (Phi) is 6.28. The standard InChI is InChI=1S/C22H31NO2/c1-16-3-5-17(6-4-16)15-18-7-9-19(10-8-18)22(24)25-21-13-11-20(23-2)12-14-21/h11-14,16-19H,2-10,15H2,1H3. The zero-order chi connectivity index (χ0) is 17.6. The molecule has 0 bridgehead atoms. The van der Waals surface area contributed by atoms with E-state index < -0.39 is 0 Å². The quantitative estimate of drug-likeness (QED) is 0.377. The van der Waals surface area contributed by atoms with Crippen molar-refractivity contribution in [3.05, 3.63) is 24.3 Å². The Bertz CT molecular complexity index is 564. The Hall–Kier alpha value is -1.64. The highest BCUT2D eigenvalue weighted by molar-refractivity contribution is 5.75. The van der Waals surface area contributed by atoms with Crippen molar-refractivity contribution in [3.63, 3.8) is 0 Å². The molecular weight excluding hydrogens is 310 g/mol. The van der Waals surface area contributed by atoms with E-state index in [1.165, 1.54) is 44.9 Å². The molecular formula is C22H31NO2. The smallest absolute Gasteiger partial charge is 0.314 e. The molecule has 0 amide bonds. The molecule has 0 unspecified atom stereocenters. The van der Waals surface area contributed by atoms with Crippen molar-refractivity contribution in [2.75, 3.05) is 0 Å². The zero-order valence-corrected chi connectivity index (χ0v) is 15.5. The van der Waals surface area contributed by atoms with E-state index in [2.05, 4.69) is 18.6 Å². The number of ether oxygens (including phenoxy) is 1. The number of aliphatic imine (C=N–C) groups is 1. The van der Waals surface area contributed by atoms with Crippen LogP contribution in [0.1, 0.15) is 64.7 Å². The first-order valence-electron chi connectivity index (χ1n) is 9.92. The summed E-state index contributed by atoms with van der Waals surface area (Å²) in [5.74, 6) is 3.29. The Labute approximate surface area is 151 Å². The van der Waals surface area contributed by atoms with Crippen LogP contribution in [0.25, 0.3) is 0 Å². The summed E-state index contributed by atoms with van der Waals surface area (Å²) in [5.41, 5.74) is 0.789. The van der Waals surface area contributed by atoms with Crippen LogP contribution in [-0.4, -0.2) is 12.7 Å². The minimum absolute atomic E-state index is 0.0655. The maximum Gasteiger partial charge on any atom is 0.314 e. The first-order valence-corrected chi connectivity index (χ1v) is 9.92. The van der Waals surface area contributed by atoms with Crippen LogP contribution < -0.4 is 4.74 Å². The minimum Gasteiger partial charge on any atom is -0.426 e. The first-order chi connectivity index (χ1) is 12.1. The van der Waals surface area contributed by atoms with Gasteiger partial charge < -0.3 is 4.74 Å². The van der Waals surface area contributed by atoms with E-state index >= 15 is 0 Å². The molecule has 1 aromatic carbocycles. The summed E-state index contributed by atoms with van der Waals surface area (Å²) in [5, 5.41) is 0. The van der Waals surface area contributed by atoms with Gasteiger partial charge in [0.25, 0.3) is 0 Å². The van der Waals surface area contributed by atoms with Gasteiger partial charge in [-0.05, 0) is 80.8 Å². The van der Waals surface area contributed by atoms with Crippen LogP contribution in [0.15, 0.2) is 29.3 Å². The van der Waals surface area contributed by atoms with E-state index in [1.54, 1.807) is 12.1 Å². The second-order valence-electron chi connectivity index (χ2n) is 8.15. The Morgan fingerprint density at radius 1 is 1.00 bits per heavy atom. The normalized spacial score (nSPS) is 29.8. The van der Waals surface area contributed by atoms with Gasteiger partial charge in [0.1, 0.15) is 5.75 Å². The Morgan fingerprint density at radius 3 is 2.12 bits per heavy atom. The lowest BCUT2D eigenvalue weighted by atomic mass is 9.73. The number of nitrogens with zero attached hydrogens (tertiary/aromatic N) is 1. The number of carbonyl (C=O) groups is 1. The number of carbonyl (C=O) groups excluding carboxylic acids is 1. The lowest BCUT2D eigenvalue weighted by Gasteiger charge is -2.32. The van der Waals surface area contributed by atoms with Gasteiger partial charge in [0.05, 0.1) is 11.6 Å². The van der Waals surface area contributed by atoms with E-state index in [4.69, 9.17) is 4.74 Å². The molecule has 0 atom stereocenters. The fourth-order valence-electron chi connectivity index (χ4n) is 4.49. The number of hydrogen-bond acceptors (Lipinski definition) is 3. The predicted octanol–water partition coefficient (Wildman–Crippen LogP) is 5.95. The van der Waals surface area contributed by atoms with Gasteiger partial charge >= 0.3 is 5.97 Å². The van der Waals surface area contributed by atoms with Crippen LogP contribution in [0.3, 0.4) is 0 Å². The highest BCUT2D eigenvalue weighted by Gasteiger charge is 2.30. The van der Waals surface area contributed by atoms with Crippen molar-refractivity contribution < 1.29 is 9.53 Å². The largest absolute Gasteiger partial charge is 0.426 e. The number of hydrogen-bond donors (Lipinski definition) is 0. The van der Waals surface area contributed by atoms with Crippen LogP contribution >= 0.6 is 0 Å². The molecule has 0 heterocycles. The lowest BCUT2D eigenvalue weighted by Crippen LogP contribution is -2.27. The average Bonchev–Trinajstić information content (AvgIpc) is 2.65. The van der Waals surface area contributed by atoms with Gasteiger partial charge in [-0.15, -0.1) is 0 Å². The highest BCUT2D eigenvalue weighted by Crippen LogP contribution is 2.38. The summed E-state index contributed by atoms with van der Waals surface area (Å²) in [4.78, 5) is 16.2. The van der Waals surface area contributed by atoms with Gasteiger partial charge in [0.15, 0.2) is 0 Å². The lowest BCUT2D eigenvalue weighted by molar-refractivity contribution is -0.140. The van der Waals surface area contributed by atoms with Crippen molar-refractivity contribution in [2.45, 2.75) is 64.7 Å². The van der Waals surface area contributed by atoms with Crippen molar-refractivity contribution in [2.24, 2.45) is 28.7 Å². The van der Waals surface area contributed by atoms with Gasteiger partial charge in [-0.25, -0.2) is 0 Å². The Balaban J connectivity index is 1.41. The molecule has 3 nitrogen and oxygen atoms in total. The van der Waals surface area contributed by atoms with E-state index in [1.807, 2.05) is 12.1 Å². The second-order valence-corrected chi connectivity index (χ2v) is 8.15. The molecule has 2 saturated carbocycles. The van der Waals surface area contributed by atoms with Crippen molar-refractivity contribution in [1.29, 1.82) is 0 Å². The molecule has 3 rings (SSSR count). The number of esters is 1. The van der Waals surface area contributed by atoms with E-state index in [0.29, 0.717) is 5.75 Å². The van der Waals surface area contributed by atoms with Gasteiger partial charge in [-0.3, -0.25) is 9.79 Å². The first kappa shape index (κ1) is 18.2. The molecule has 1 aromatic rings. The predicted molar refractivity (Wildman–Crippen MR) is 102 cm³/mol. The van der Waals surface area contributed by atoms with E-state index in [0.717, 1.165) is 36.3 Å². The van der Waals surface area contributed by atoms with Crippen LogP contribution in [0.2, 0.25) is 0 Å². The third kappa shape index (κ3) is 5.17. The third-order valence-electron chi connectivity index (χ3n) is 6.22. The summed E-state index contributed by atoms with van der Waals surface area (Å²) in [6, 6.07) is 7.21. The zero-order valence-electron chi connectivity index (χ0n) is 15.5. The van der Waals surface area contributed by atoms with E-state index in [-0.39, 0.29) is 11.9 Å². The minimum atomic E-state index is -0.0655. The van der Waals surface area contributed by atoms with Gasteiger partial charge in [0, 0.05) is 0 Å². The summed E-state index contributed by atoms with van der Waals surface area (Å²) in [6.07, 6.45) is 11.4. The summed E-state index contributed by atoms with van der Waals surface area (Å²) >= 11 is 0. The van der Waals surface area contributed by atoms with Crippen molar-refractivity contribution in [3.8, 4) is 5.75 Å². The monoisotopic (exact) mass is 341 g/mol. The fraction of sp³-hybridized carbons (Fsp3) is 0.636. The fourth-order valence-corrected chi connectivity index (χ4v) is 4.49. The van der Waals surface area contributed by atoms with Crippen LogP contribution in [-0.2, 0) is 4.79 Å². The van der Waals surface area contributed by atoms with Crippen molar-refractivity contribution in [1.82, 2.24) is 0 Å². The molecule has 136 valence electrons. The molecule has 0 spiro atoms. The highest BCUT2D eigenvalue weighted by atomic mass is 16.5. The summed E-state index contributed by atoms with van der Waals surface area (Å²) in [6.45, 7) is 5.87. The third-order valence-corrected chi connectivity index (χ3v) is 6.22. The van der Waals surface area contributed by atoms with Crippen LogP contribution in [0, 0.1) is 23.7 Å². The average molecular weight is 341 g/mol. The maximum atomic E-state index is 12.4. The molecule has 2 fully saturated rings. The molecule has 0 aromatic heterocycles. The molecule has 3 heteroatoms. The number of rotatable bonds is 5. The topological polar surface area (TPSA) is 38.7 Å². The molecule has 0 N–H and O–H groups in total. The molecule has 2 aliphatic rings. The van der Waals surface area contributed by atoms with Crippen molar-refractivity contribution >= 4 is 18.4 Å². The SMILES string of the molecule is C=Nc1ccc(OC(=O)C2CCC(CC3CCC(C)CC3)CC2)cc1.